The lowest BCUT2D eigenvalue weighted by atomic mass is 9.98. The van der Waals surface area contributed by atoms with Crippen LogP contribution in [0.25, 0.3) is 0 Å². The summed E-state index contributed by atoms with van der Waals surface area (Å²) in [5.41, 5.74) is 0. The molecule has 2 saturated carbocycles. The molecule has 0 aliphatic heterocycles. The molecule has 5 nitrogen and oxygen atoms in total. The molecule has 3 N–H and O–H groups in total. The third-order valence-electron chi connectivity index (χ3n) is 4.72. The molecule has 5 heteroatoms. The second-order valence-corrected chi connectivity index (χ2v) is 6.39. The van der Waals surface area contributed by atoms with Crippen LogP contribution in [0.5, 0.6) is 0 Å². The van der Waals surface area contributed by atoms with Gasteiger partial charge in [0.25, 0.3) is 0 Å². The predicted octanol–water partition coefficient (Wildman–Crippen LogP) is 2.22. The molecular formula is C15H26N2O3. The van der Waals surface area contributed by atoms with Gasteiger partial charge in [-0.15, -0.1) is 0 Å². The Hall–Kier alpha value is -1.26. The van der Waals surface area contributed by atoms with Crippen molar-refractivity contribution in [2.24, 2.45) is 23.7 Å². The number of amides is 2. The first kappa shape index (κ1) is 15.1. The molecule has 0 aromatic rings. The Kier molecular flexibility index (Phi) is 4.89. The Bertz CT molecular complexity index is 352. The number of nitrogens with one attached hydrogen (secondary N) is 2. The summed E-state index contributed by atoms with van der Waals surface area (Å²) in [4.78, 5) is 23.1. The molecule has 2 fully saturated rings. The van der Waals surface area contributed by atoms with E-state index < -0.39 is 12.0 Å². The fraction of sp³-hybridized carbons (Fsp3) is 0.867. The molecule has 2 aliphatic rings. The van der Waals surface area contributed by atoms with Crippen molar-refractivity contribution in [3.63, 3.8) is 0 Å². The summed E-state index contributed by atoms with van der Waals surface area (Å²) in [5, 5.41) is 14.6. The van der Waals surface area contributed by atoms with Gasteiger partial charge in [-0.05, 0) is 49.4 Å². The number of rotatable bonds is 8. The maximum Gasteiger partial charge on any atom is 0.326 e. The number of hydrogen-bond donors (Lipinski definition) is 3. The van der Waals surface area contributed by atoms with Gasteiger partial charge in [0.1, 0.15) is 6.04 Å². The quantitative estimate of drug-likeness (QED) is 0.638. The lowest BCUT2D eigenvalue weighted by molar-refractivity contribution is -0.140. The van der Waals surface area contributed by atoms with Crippen LogP contribution in [0.3, 0.4) is 0 Å². The van der Waals surface area contributed by atoms with E-state index in [0.29, 0.717) is 12.5 Å². The zero-order valence-electron chi connectivity index (χ0n) is 12.4. The average molecular weight is 282 g/mol. The third kappa shape index (κ3) is 4.12. The maximum absolute atomic E-state index is 11.9. The van der Waals surface area contributed by atoms with Crippen LogP contribution in [0.2, 0.25) is 0 Å². The summed E-state index contributed by atoms with van der Waals surface area (Å²) in [7, 11) is 0. The lowest BCUT2D eigenvalue weighted by Crippen LogP contribution is -2.50. The minimum absolute atomic E-state index is 0.0686. The normalized spacial score (nSPS) is 21.4. The van der Waals surface area contributed by atoms with E-state index in [1.54, 1.807) is 0 Å². The van der Waals surface area contributed by atoms with E-state index in [2.05, 4.69) is 10.6 Å². The van der Waals surface area contributed by atoms with Crippen LogP contribution in [0, 0.1) is 23.7 Å². The van der Waals surface area contributed by atoms with Crippen LogP contribution in [-0.4, -0.2) is 29.7 Å². The highest BCUT2D eigenvalue weighted by molar-refractivity contribution is 5.82. The Morgan fingerprint density at radius 2 is 1.75 bits per heavy atom. The Morgan fingerprint density at radius 3 is 2.15 bits per heavy atom. The molecule has 0 heterocycles. The molecule has 0 saturated heterocycles. The molecule has 2 rings (SSSR count). The SMILES string of the molecule is CCC(C)C(NC(=O)NCC(C1CC1)C1CC1)C(=O)O. The smallest absolute Gasteiger partial charge is 0.326 e. The van der Waals surface area contributed by atoms with E-state index in [1.807, 2.05) is 13.8 Å². The fourth-order valence-electron chi connectivity index (χ4n) is 2.85. The van der Waals surface area contributed by atoms with Gasteiger partial charge >= 0.3 is 12.0 Å². The molecule has 0 bridgehead atoms. The third-order valence-corrected chi connectivity index (χ3v) is 4.72. The molecular weight excluding hydrogens is 256 g/mol. The molecule has 2 aliphatic carbocycles. The van der Waals surface area contributed by atoms with Crippen LogP contribution < -0.4 is 10.6 Å². The molecule has 2 unspecified atom stereocenters. The van der Waals surface area contributed by atoms with Gasteiger partial charge in [-0.1, -0.05) is 20.3 Å². The molecule has 0 radical (unpaired) electrons. The van der Waals surface area contributed by atoms with Gasteiger partial charge in [0.05, 0.1) is 0 Å². The average Bonchev–Trinajstić information content (AvgIpc) is 3.26. The Balaban J connectivity index is 1.76. The van der Waals surface area contributed by atoms with E-state index in [1.165, 1.54) is 25.7 Å². The molecule has 114 valence electrons. The summed E-state index contributed by atoms with van der Waals surface area (Å²) in [6.45, 7) is 4.46. The van der Waals surface area contributed by atoms with E-state index in [4.69, 9.17) is 5.11 Å². The van der Waals surface area contributed by atoms with Gasteiger partial charge in [-0.25, -0.2) is 9.59 Å². The zero-order valence-corrected chi connectivity index (χ0v) is 12.4. The van der Waals surface area contributed by atoms with Gasteiger partial charge in [-0.3, -0.25) is 0 Å². The van der Waals surface area contributed by atoms with Gasteiger partial charge in [0.2, 0.25) is 0 Å². The largest absolute Gasteiger partial charge is 0.480 e. The second-order valence-electron chi connectivity index (χ2n) is 6.39. The van der Waals surface area contributed by atoms with Crippen molar-refractivity contribution < 1.29 is 14.7 Å². The van der Waals surface area contributed by atoms with Gasteiger partial charge in [0, 0.05) is 6.54 Å². The van der Waals surface area contributed by atoms with Crippen LogP contribution in [-0.2, 0) is 4.79 Å². The molecule has 0 aromatic heterocycles. The minimum Gasteiger partial charge on any atom is -0.480 e. The van der Waals surface area contributed by atoms with Crippen molar-refractivity contribution in [2.75, 3.05) is 6.54 Å². The molecule has 2 amide bonds. The molecule has 20 heavy (non-hydrogen) atoms. The van der Waals surface area contributed by atoms with Crippen molar-refractivity contribution in [3.05, 3.63) is 0 Å². The second kappa shape index (κ2) is 6.46. The Morgan fingerprint density at radius 1 is 1.20 bits per heavy atom. The summed E-state index contributed by atoms with van der Waals surface area (Å²) >= 11 is 0. The standard InChI is InChI=1S/C15H26N2O3/c1-3-9(2)13(14(18)19)17-15(20)16-8-12(10-4-5-10)11-6-7-11/h9-13H,3-8H2,1-2H3,(H,18,19)(H2,16,17,20). The molecule has 0 aromatic carbocycles. The fourth-order valence-corrected chi connectivity index (χ4v) is 2.85. The predicted molar refractivity (Wildman–Crippen MR) is 76.4 cm³/mol. The van der Waals surface area contributed by atoms with Crippen molar-refractivity contribution in [2.45, 2.75) is 52.0 Å². The monoisotopic (exact) mass is 282 g/mol. The van der Waals surface area contributed by atoms with Gasteiger partial charge < -0.3 is 15.7 Å². The van der Waals surface area contributed by atoms with Gasteiger partial charge in [-0.2, -0.15) is 0 Å². The number of carboxylic acids is 1. The summed E-state index contributed by atoms with van der Waals surface area (Å²) in [6, 6.07) is -1.15. The number of aliphatic carboxylic acids is 1. The highest BCUT2D eigenvalue weighted by Gasteiger charge is 2.41. The lowest BCUT2D eigenvalue weighted by Gasteiger charge is -2.22. The van der Waals surface area contributed by atoms with E-state index in [-0.39, 0.29) is 11.9 Å². The summed E-state index contributed by atoms with van der Waals surface area (Å²) < 4.78 is 0. The number of carbonyl (C=O) groups is 2. The minimum atomic E-state index is -0.963. The van der Waals surface area contributed by atoms with E-state index >= 15 is 0 Å². The number of carbonyl (C=O) groups excluding carboxylic acids is 1. The highest BCUT2D eigenvalue weighted by Crippen LogP contribution is 2.48. The highest BCUT2D eigenvalue weighted by atomic mass is 16.4. The molecule has 0 spiro atoms. The van der Waals surface area contributed by atoms with Gasteiger partial charge in [0.15, 0.2) is 0 Å². The van der Waals surface area contributed by atoms with Crippen LogP contribution in [0.4, 0.5) is 4.79 Å². The zero-order chi connectivity index (χ0) is 14.7. The molecule has 2 atom stereocenters. The van der Waals surface area contributed by atoms with E-state index in [9.17, 15) is 9.59 Å². The van der Waals surface area contributed by atoms with Crippen molar-refractivity contribution in [1.29, 1.82) is 0 Å². The van der Waals surface area contributed by atoms with E-state index in [0.717, 1.165) is 18.3 Å². The summed E-state index contributed by atoms with van der Waals surface area (Å²) in [5.74, 6) is 1.14. The number of carboxylic acid groups (broad SMARTS) is 1. The first-order valence-corrected chi connectivity index (χ1v) is 7.80. The van der Waals surface area contributed by atoms with Crippen LogP contribution in [0.1, 0.15) is 46.0 Å². The topological polar surface area (TPSA) is 78.4 Å². The number of urea groups is 1. The van der Waals surface area contributed by atoms with Crippen molar-refractivity contribution in [1.82, 2.24) is 10.6 Å². The van der Waals surface area contributed by atoms with Crippen molar-refractivity contribution >= 4 is 12.0 Å². The summed E-state index contributed by atoms with van der Waals surface area (Å²) in [6.07, 6.45) is 5.87. The van der Waals surface area contributed by atoms with Crippen molar-refractivity contribution in [3.8, 4) is 0 Å². The number of hydrogen-bond acceptors (Lipinski definition) is 2. The first-order chi connectivity index (χ1) is 9.52. The van der Waals surface area contributed by atoms with Crippen LogP contribution >= 0.6 is 0 Å². The van der Waals surface area contributed by atoms with Crippen LogP contribution in [0.15, 0.2) is 0 Å². The Labute approximate surface area is 120 Å². The maximum atomic E-state index is 11.9. The first-order valence-electron chi connectivity index (χ1n) is 7.80.